The quantitative estimate of drug-likeness (QED) is 0.720. The van der Waals surface area contributed by atoms with Crippen LogP contribution in [-0.2, 0) is 23.7 Å². The van der Waals surface area contributed by atoms with Crippen LogP contribution in [0.1, 0.15) is 24.0 Å². The topological polar surface area (TPSA) is 74.3 Å². The van der Waals surface area contributed by atoms with Crippen molar-refractivity contribution in [3.05, 3.63) is 59.7 Å². The van der Waals surface area contributed by atoms with Gasteiger partial charge in [-0.15, -0.1) is 0 Å². The van der Waals surface area contributed by atoms with E-state index in [1.165, 1.54) is 19.1 Å². The van der Waals surface area contributed by atoms with Crippen molar-refractivity contribution in [2.45, 2.75) is 31.3 Å². The third-order valence-electron chi connectivity index (χ3n) is 5.77. The van der Waals surface area contributed by atoms with E-state index in [2.05, 4.69) is 24.3 Å². The van der Waals surface area contributed by atoms with Crippen molar-refractivity contribution in [1.29, 1.82) is 0 Å². The van der Waals surface area contributed by atoms with E-state index in [1.807, 2.05) is 24.3 Å². The summed E-state index contributed by atoms with van der Waals surface area (Å²) in [5, 5.41) is 0. The molecule has 1 saturated heterocycles. The van der Waals surface area contributed by atoms with Gasteiger partial charge in [0.2, 0.25) is 0 Å². The van der Waals surface area contributed by atoms with Gasteiger partial charge in [0, 0.05) is 13.0 Å². The molecule has 4 rings (SSSR count). The van der Waals surface area contributed by atoms with Gasteiger partial charge in [-0.05, 0) is 29.2 Å². The van der Waals surface area contributed by atoms with Crippen molar-refractivity contribution in [3.8, 4) is 11.1 Å². The summed E-state index contributed by atoms with van der Waals surface area (Å²) in [5.41, 5.74) is 4.56. The highest BCUT2D eigenvalue weighted by Crippen LogP contribution is 2.44. The second-order valence-electron chi connectivity index (χ2n) is 7.43. The normalized spacial score (nSPS) is 22.9. The number of benzene rings is 2. The molecule has 1 amide bonds. The number of hydrogen-bond acceptors (Lipinski definition) is 6. The number of rotatable bonds is 4. The van der Waals surface area contributed by atoms with Crippen molar-refractivity contribution in [3.63, 3.8) is 0 Å². The molecule has 158 valence electrons. The molecule has 30 heavy (non-hydrogen) atoms. The zero-order chi connectivity index (χ0) is 21.3. The van der Waals surface area contributed by atoms with Crippen molar-refractivity contribution < 1.29 is 28.5 Å². The van der Waals surface area contributed by atoms with Crippen LogP contribution in [0.4, 0.5) is 4.79 Å². The first-order valence-electron chi connectivity index (χ1n) is 9.92. The lowest BCUT2D eigenvalue weighted by molar-refractivity contribution is -0.212. The number of nitrogens with zero attached hydrogens (tertiary/aromatic N) is 1. The van der Waals surface area contributed by atoms with E-state index in [1.54, 1.807) is 6.92 Å². The molecule has 0 saturated carbocycles. The molecule has 2 aromatic carbocycles. The van der Waals surface area contributed by atoms with Crippen LogP contribution in [-0.4, -0.2) is 62.8 Å². The molecule has 1 aliphatic heterocycles. The number of methoxy groups -OCH3 is 2. The van der Waals surface area contributed by atoms with Crippen LogP contribution in [0.3, 0.4) is 0 Å². The largest absolute Gasteiger partial charge is 0.467 e. The van der Waals surface area contributed by atoms with Gasteiger partial charge >= 0.3 is 12.1 Å². The predicted molar refractivity (Wildman–Crippen MR) is 109 cm³/mol. The third kappa shape index (κ3) is 3.55. The molecule has 7 nitrogen and oxygen atoms in total. The minimum Gasteiger partial charge on any atom is -0.467 e. The average Bonchev–Trinajstić information content (AvgIpc) is 3.10. The molecule has 2 aromatic rings. The Bertz CT molecular complexity index is 899. The SMILES string of the molecule is COC(=O)[C@@H]1[C@@H](C)O[C@H](OC)CN1C(=O)OCC1c2ccccc2-c2ccccc21. The van der Waals surface area contributed by atoms with E-state index in [0.29, 0.717) is 0 Å². The van der Waals surface area contributed by atoms with Crippen LogP contribution >= 0.6 is 0 Å². The highest BCUT2D eigenvalue weighted by molar-refractivity contribution is 5.83. The summed E-state index contributed by atoms with van der Waals surface area (Å²) >= 11 is 0. The van der Waals surface area contributed by atoms with Gasteiger partial charge in [-0.2, -0.15) is 0 Å². The molecule has 0 bridgehead atoms. The smallest absolute Gasteiger partial charge is 0.410 e. The Balaban J connectivity index is 1.54. The average molecular weight is 411 g/mol. The fraction of sp³-hybridized carbons (Fsp3) is 0.391. The standard InChI is InChI=1S/C23H25NO6/c1-14-21(22(25)28-3)24(12-20(27-2)30-14)23(26)29-13-19-17-10-6-4-8-15(17)16-9-5-7-11-18(16)19/h4-11,14,19-21H,12-13H2,1-3H3/t14-,20+,21+/m1/s1. The molecule has 0 unspecified atom stereocenters. The number of carbonyl (C=O) groups excluding carboxylic acids is 2. The first-order chi connectivity index (χ1) is 14.5. The van der Waals surface area contributed by atoms with Crippen molar-refractivity contribution in [2.75, 3.05) is 27.4 Å². The summed E-state index contributed by atoms with van der Waals surface area (Å²) in [6.45, 7) is 1.96. The van der Waals surface area contributed by atoms with Gasteiger partial charge in [-0.1, -0.05) is 48.5 Å². The molecule has 0 spiro atoms. The summed E-state index contributed by atoms with van der Waals surface area (Å²) in [6.07, 6.45) is -1.82. The Morgan fingerprint density at radius 3 is 2.20 bits per heavy atom. The molecule has 1 fully saturated rings. The number of ether oxygens (including phenoxy) is 4. The maximum Gasteiger partial charge on any atom is 0.410 e. The second-order valence-corrected chi connectivity index (χ2v) is 7.43. The Morgan fingerprint density at radius 1 is 1.03 bits per heavy atom. The van der Waals surface area contributed by atoms with Crippen molar-refractivity contribution in [2.24, 2.45) is 0 Å². The van der Waals surface area contributed by atoms with Gasteiger partial charge < -0.3 is 18.9 Å². The molecular formula is C23H25NO6. The third-order valence-corrected chi connectivity index (χ3v) is 5.77. The molecule has 0 radical (unpaired) electrons. The summed E-state index contributed by atoms with van der Waals surface area (Å²) in [7, 11) is 2.78. The number of fused-ring (bicyclic) bond motifs is 3. The number of hydrogen-bond donors (Lipinski definition) is 0. The minimum absolute atomic E-state index is 0.0605. The first-order valence-corrected chi connectivity index (χ1v) is 9.92. The van der Waals surface area contributed by atoms with E-state index in [-0.39, 0.29) is 19.1 Å². The molecule has 1 aliphatic carbocycles. The predicted octanol–water partition coefficient (Wildman–Crippen LogP) is 3.17. The van der Waals surface area contributed by atoms with Gasteiger partial charge in [0.05, 0.1) is 19.8 Å². The zero-order valence-corrected chi connectivity index (χ0v) is 17.2. The van der Waals surface area contributed by atoms with Crippen LogP contribution in [0, 0.1) is 0 Å². The number of carbonyl (C=O) groups is 2. The molecule has 2 aliphatic rings. The van der Waals surface area contributed by atoms with Gasteiger partial charge in [0.25, 0.3) is 0 Å². The van der Waals surface area contributed by atoms with E-state index in [0.717, 1.165) is 22.3 Å². The lowest BCUT2D eigenvalue weighted by Crippen LogP contribution is -2.60. The Labute approximate surface area is 175 Å². The summed E-state index contributed by atoms with van der Waals surface area (Å²) < 4.78 is 21.5. The first kappa shape index (κ1) is 20.4. The lowest BCUT2D eigenvalue weighted by atomic mass is 9.98. The van der Waals surface area contributed by atoms with Crippen LogP contribution in [0.2, 0.25) is 0 Å². The van der Waals surface area contributed by atoms with E-state index in [4.69, 9.17) is 18.9 Å². The molecule has 7 heteroatoms. The Hall–Kier alpha value is -2.90. The molecule has 1 heterocycles. The monoisotopic (exact) mass is 411 g/mol. The van der Waals surface area contributed by atoms with E-state index < -0.39 is 30.5 Å². The van der Waals surface area contributed by atoms with Crippen molar-refractivity contribution in [1.82, 2.24) is 4.90 Å². The minimum atomic E-state index is -0.892. The van der Waals surface area contributed by atoms with Gasteiger partial charge in [-0.25, -0.2) is 9.59 Å². The second kappa shape index (κ2) is 8.45. The van der Waals surface area contributed by atoms with Crippen molar-refractivity contribution >= 4 is 12.1 Å². The molecule has 0 aromatic heterocycles. The van der Waals surface area contributed by atoms with Gasteiger partial charge in [-0.3, -0.25) is 4.90 Å². The highest BCUT2D eigenvalue weighted by Gasteiger charge is 2.43. The van der Waals surface area contributed by atoms with Gasteiger partial charge in [0.15, 0.2) is 12.3 Å². The van der Waals surface area contributed by atoms with E-state index >= 15 is 0 Å². The molecular weight excluding hydrogens is 386 g/mol. The van der Waals surface area contributed by atoms with Crippen LogP contribution in [0.25, 0.3) is 11.1 Å². The Kier molecular flexibility index (Phi) is 5.74. The number of amides is 1. The van der Waals surface area contributed by atoms with E-state index in [9.17, 15) is 9.59 Å². The van der Waals surface area contributed by atoms with Crippen LogP contribution in [0.5, 0.6) is 0 Å². The lowest BCUT2D eigenvalue weighted by Gasteiger charge is -2.40. The molecule has 0 N–H and O–H groups in total. The number of morpholine rings is 1. The zero-order valence-electron chi connectivity index (χ0n) is 17.2. The Morgan fingerprint density at radius 2 is 1.63 bits per heavy atom. The fourth-order valence-electron chi connectivity index (χ4n) is 4.32. The maximum absolute atomic E-state index is 13.0. The summed E-state index contributed by atoms with van der Waals surface area (Å²) in [4.78, 5) is 26.6. The van der Waals surface area contributed by atoms with Gasteiger partial charge in [0.1, 0.15) is 6.61 Å². The number of esters is 1. The maximum atomic E-state index is 13.0. The van der Waals surface area contributed by atoms with Crippen LogP contribution < -0.4 is 0 Å². The fourth-order valence-corrected chi connectivity index (χ4v) is 4.32. The molecule has 3 atom stereocenters. The summed E-state index contributed by atoms with van der Waals surface area (Å²) in [6, 6.07) is 15.4. The van der Waals surface area contributed by atoms with Crippen LogP contribution in [0.15, 0.2) is 48.5 Å². The highest BCUT2D eigenvalue weighted by atomic mass is 16.7. The summed E-state index contributed by atoms with van der Waals surface area (Å²) in [5.74, 6) is -0.611.